The lowest BCUT2D eigenvalue weighted by molar-refractivity contribution is 0.0861. The molecule has 0 fully saturated rings. The first kappa shape index (κ1) is 13.3. The topological polar surface area (TPSA) is 30.5 Å². The van der Waals surface area contributed by atoms with Gasteiger partial charge in [-0.05, 0) is 23.6 Å². The van der Waals surface area contributed by atoms with Gasteiger partial charge in [-0.2, -0.15) is 5.48 Å². The number of ether oxygens (including phenoxy) is 1. The van der Waals surface area contributed by atoms with Crippen LogP contribution in [0.1, 0.15) is 30.9 Å². The largest absolute Gasteiger partial charge is 0.496 e. The first-order valence-corrected chi connectivity index (χ1v) is 5.60. The molecule has 0 heterocycles. The number of hydroxylamine groups is 1. The van der Waals surface area contributed by atoms with Crippen molar-refractivity contribution >= 4 is 11.6 Å². The van der Waals surface area contributed by atoms with Gasteiger partial charge in [0.1, 0.15) is 5.75 Å². The van der Waals surface area contributed by atoms with Crippen LogP contribution in [-0.4, -0.2) is 14.2 Å². The van der Waals surface area contributed by atoms with Crippen molar-refractivity contribution in [3.63, 3.8) is 0 Å². The lowest BCUT2D eigenvalue weighted by atomic mass is 9.99. The molecule has 0 bridgehead atoms. The van der Waals surface area contributed by atoms with Crippen LogP contribution in [0.25, 0.3) is 0 Å². The fraction of sp³-hybridized carbons (Fsp3) is 0.500. The first-order valence-electron chi connectivity index (χ1n) is 5.22. The van der Waals surface area contributed by atoms with Gasteiger partial charge in [0.2, 0.25) is 0 Å². The van der Waals surface area contributed by atoms with E-state index in [2.05, 4.69) is 19.3 Å². The molecule has 1 aromatic carbocycles. The summed E-state index contributed by atoms with van der Waals surface area (Å²) in [4.78, 5) is 4.84. The number of halogens is 1. The maximum absolute atomic E-state index is 6.08. The Bertz CT molecular complexity index is 353. The molecule has 3 nitrogen and oxygen atoms in total. The maximum atomic E-state index is 6.08. The molecule has 1 aromatic rings. The van der Waals surface area contributed by atoms with Crippen LogP contribution in [0.2, 0.25) is 5.02 Å². The van der Waals surface area contributed by atoms with Crippen LogP contribution in [0.4, 0.5) is 0 Å². The highest BCUT2D eigenvalue weighted by molar-refractivity contribution is 6.30. The van der Waals surface area contributed by atoms with Gasteiger partial charge >= 0.3 is 0 Å². The smallest absolute Gasteiger partial charge is 0.126 e. The summed E-state index contributed by atoms with van der Waals surface area (Å²) in [6.07, 6.45) is 0. The second-order valence-corrected chi connectivity index (χ2v) is 4.30. The van der Waals surface area contributed by atoms with Gasteiger partial charge in [-0.3, -0.25) is 0 Å². The Kier molecular flexibility index (Phi) is 5.06. The van der Waals surface area contributed by atoms with Crippen molar-refractivity contribution in [2.75, 3.05) is 14.2 Å². The first-order chi connectivity index (χ1) is 7.60. The maximum Gasteiger partial charge on any atom is 0.126 e. The Morgan fingerprint density at radius 2 is 2.00 bits per heavy atom. The molecule has 0 atom stereocenters. The average molecular weight is 244 g/mol. The minimum absolute atomic E-state index is 0.370. The summed E-state index contributed by atoms with van der Waals surface area (Å²) in [5.41, 5.74) is 4.91. The van der Waals surface area contributed by atoms with E-state index in [1.165, 1.54) is 0 Å². The fourth-order valence-corrected chi connectivity index (χ4v) is 1.88. The zero-order chi connectivity index (χ0) is 12.1. The summed E-state index contributed by atoms with van der Waals surface area (Å²) in [6, 6.07) is 3.83. The molecule has 0 amide bonds. The average Bonchev–Trinajstić information content (AvgIpc) is 2.25. The van der Waals surface area contributed by atoms with Crippen molar-refractivity contribution in [1.82, 2.24) is 5.48 Å². The molecule has 0 aliphatic heterocycles. The number of hydrogen-bond acceptors (Lipinski definition) is 3. The van der Waals surface area contributed by atoms with Crippen molar-refractivity contribution in [3.8, 4) is 5.75 Å². The summed E-state index contributed by atoms with van der Waals surface area (Å²) < 4.78 is 5.44. The van der Waals surface area contributed by atoms with Gasteiger partial charge in [-0.15, -0.1) is 0 Å². The molecule has 0 unspecified atom stereocenters. The molecule has 1 N–H and O–H groups in total. The zero-order valence-corrected chi connectivity index (χ0v) is 10.9. The lowest BCUT2D eigenvalue weighted by Gasteiger charge is -2.16. The molecule has 1 rings (SSSR count). The molecular formula is C12H18ClNO2. The molecule has 0 spiro atoms. The quantitative estimate of drug-likeness (QED) is 0.806. The standard InChI is InChI=1S/C12H18ClNO2/c1-8(2)11-6-10(13)5-9(7-14-16-4)12(11)15-3/h5-6,8,14H,7H2,1-4H3. The van der Waals surface area contributed by atoms with E-state index in [-0.39, 0.29) is 0 Å². The van der Waals surface area contributed by atoms with E-state index in [0.717, 1.165) is 21.9 Å². The van der Waals surface area contributed by atoms with E-state index in [4.69, 9.17) is 21.2 Å². The van der Waals surface area contributed by atoms with Gasteiger partial charge in [-0.25, -0.2) is 0 Å². The molecule has 0 aliphatic rings. The van der Waals surface area contributed by atoms with Gasteiger partial charge in [0.25, 0.3) is 0 Å². The third kappa shape index (κ3) is 3.11. The van der Waals surface area contributed by atoms with Crippen molar-refractivity contribution < 1.29 is 9.57 Å². The lowest BCUT2D eigenvalue weighted by Crippen LogP contribution is -2.12. The molecule has 90 valence electrons. The molecule has 16 heavy (non-hydrogen) atoms. The normalized spacial score (nSPS) is 10.9. The molecule has 0 saturated heterocycles. The van der Waals surface area contributed by atoms with Gasteiger partial charge in [0.05, 0.1) is 14.2 Å². The third-order valence-corrected chi connectivity index (χ3v) is 2.61. The Morgan fingerprint density at radius 3 is 2.50 bits per heavy atom. The predicted octanol–water partition coefficient (Wildman–Crippen LogP) is 3.12. The number of hydrogen-bond donors (Lipinski definition) is 1. The van der Waals surface area contributed by atoms with Crippen molar-refractivity contribution in [3.05, 3.63) is 28.3 Å². The second-order valence-electron chi connectivity index (χ2n) is 3.87. The number of methoxy groups -OCH3 is 1. The number of benzene rings is 1. The monoisotopic (exact) mass is 243 g/mol. The molecule has 0 saturated carbocycles. The van der Waals surface area contributed by atoms with Gasteiger partial charge in [0.15, 0.2) is 0 Å². The highest BCUT2D eigenvalue weighted by atomic mass is 35.5. The van der Waals surface area contributed by atoms with E-state index >= 15 is 0 Å². The van der Waals surface area contributed by atoms with Crippen LogP contribution < -0.4 is 10.2 Å². The Morgan fingerprint density at radius 1 is 1.31 bits per heavy atom. The van der Waals surface area contributed by atoms with Crippen molar-refractivity contribution in [1.29, 1.82) is 0 Å². The number of nitrogens with one attached hydrogen (secondary N) is 1. The molecule has 0 radical (unpaired) electrons. The predicted molar refractivity (Wildman–Crippen MR) is 65.9 cm³/mol. The Balaban J connectivity index is 3.14. The molecule has 0 aliphatic carbocycles. The van der Waals surface area contributed by atoms with E-state index in [9.17, 15) is 0 Å². The highest BCUT2D eigenvalue weighted by Crippen LogP contribution is 2.33. The van der Waals surface area contributed by atoms with Crippen LogP contribution in [0.3, 0.4) is 0 Å². The molecule has 0 aromatic heterocycles. The highest BCUT2D eigenvalue weighted by Gasteiger charge is 2.13. The third-order valence-electron chi connectivity index (χ3n) is 2.39. The summed E-state index contributed by atoms with van der Waals surface area (Å²) in [5.74, 6) is 1.25. The van der Waals surface area contributed by atoms with E-state index in [1.807, 2.05) is 12.1 Å². The van der Waals surface area contributed by atoms with Crippen LogP contribution in [-0.2, 0) is 11.4 Å². The minimum Gasteiger partial charge on any atom is -0.496 e. The molecular weight excluding hydrogens is 226 g/mol. The van der Waals surface area contributed by atoms with Crippen LogP contribution in [0, 0.1) is 0 Å². The summed E-state index contributed by atoms with van der Waals surface area (Å²) in [5, 5.41) is 0.720. The van der Waals surface area contributed by atoms with Gasteiger partial charge in [-0.1, -0.05) is 25.4 Å². The van der Waals surface area contributed by atoms with Crippen molar-refractivity contribution in [2.24, 2.45) is 0 Å². The number of rotatable bonds is 5. The summed E-state index contributed by atoms with van der Waals surface area (Å²) in [6.45, 7) is 4.80. The zero-order valence-electron chi connectivity index (χ0n) is 10.1. The van der Waals surface area contributed by atoms with Crippen LogP contribution in [0.5, 0.6) is 5.75 Å². The van der Waals surface area contributed by atoms with Crippen molar-refractivity contribution in [2.45, 2.75) is 26.3 Å². The second kappa shape index (κ2) is 6.09. The van der Waals surface area contributed by atoms with Gasteiger partial charge < -0.3 is 9.57 Å². The Hall–Kier alpha value is -0.770. The molecule has 4 heteroatoms. The van der Waals surface area contributed by atoms with Crippen LogP contribution in [0.15, 0.2) is 12.1 Å². The van der Waals surface area contributed by atoms with E-state index < -0.39 is 0 Å². The van der Waals surface area contributed by atoms with E-state index in [0.29, 0.717) is 12.5 Å². The summed E-state index contributed by atoms with van der Waals surface area (Å²) in [7, 11) is 3.26. The summed E-state index contributed by atoms with van der Waals surface area (Å²) >= 11 is 6.08. The van der Waals surface area contributed by atoms with Gasteiger partial charge in [0, 0.05) is 17.1 Å². The minimum atomic E-state index is 0.370. The van der Waals surface area contributed by atoms with E-state index in [1.54, 1.807) is 14.2 Å². The fourth-order valence-electron chi connectivity index (χ4n) is 1.63. The Labute approximate surface area is 102 Å². The SMILES string of the molecule is CONCc1cc(Cl)cc(C(C)C)c1OC. The van der Waals surface area contributed by atoms with Crippen LogP contribution >= 0.6 is 11.6 Å².